The minimum absolute atomic E-state index is 0.0357. The van der Waals surface area contributed by atoms with E-state index >= 15 is 0 Å². The molecule has 0 aliphatic carbocycles. The number of hydrogen-bond acceptors (Lipinski definition) is 10. The molecule has 0 atom stereocenters. The van der Waals surface area contributed by atoms with E-state index in [1.54, 1.807) is 24.0 Å². The number of rotatable bonds is 25. The first-order chi connectivity index (χ1) is 66.9. The smallest absolute Gasteiger partial charge is 0.253 e. The van der Waals surface area contributed by atoms with Gasteiger partial charge in [0.15, 0.2) is 0 Å². The largest absolute Gasteiger partial charge is 0.339 e. The van der Waals surface area contributed by atoms with Crippen molar-refractivity contribution in [2.45, 2.75) is 161 Å². The van der Waals surface area contributed by atoms with Gasteiger partial charge in [-0.2, -0.15) is 0 Å². The van der Waals surface area contributed by atoms with Crippen LogP contribution in [0.2, 0.25) is 10.0 Å². The molecule has 15 nitrogen and oxygen atoms in total. The van der Waals surface area contributed by atoms with E-state index in [1.165, 1.54) is 72.9 Å². The number of benzene rings is 10. The molecule has 10 aromatic rings. The zero-order chi connectivity index (χ0) is 98.7. The Morgan fingerprint density at radius 3 is 0.790 bits per heavy atom. The second kappa shape index (κ2) is 54.2. The molecule has 0 unspecified atom stereocenters. The topological polar surface area (TPSA) is 162 Å². The number of hydrogen-bond donors (Lipinski definition) is 5. The fraction of sp³-hybridized carbons (Fsp3) is 0.370. The Hall–Kier alpha value is -11.5. The van der Waals surface area contributed by atoms with Gasteiger partial charge in [-0.3, -0.25) is 24.0 Å². The van der Waals surface area contributed by atoms with Gasteiger partial charge in [-0.05, 0) is 413 Å². The molecule has 728 valence electrons. The minimum atomic E-state index is -0.207. The predicted octanol–water partition coefficient (Wildman–Crippen LogP) is 24.6. The fourth-order valence-electron chi connectivity index (χ4n) is 19.0. The van der Waals surface area contributed by atoms with Crippen molar-refractivity contribution in [3.63, 3.8) is 0 Å². The van der Waals surface area contributed by atoms with E-state index in [9.17, 15) is 32.8 Å². The van der Waals surface area contributed by atoms with Crippen molar-refractivity contribution < 1.29 is 32.8 Å². The van der Waals surface area contributed by atoms with Crippen LogP contribution in [0.15, 0.2) is 252 Å². The SMILES string of the molecule is CCN(CC)C(=O)c1ccc(C(=C2CCNCC2)c2cc(C)cc(Cl)c2)cc1.CCN(CC)C(=O)c1ccc(C(=C2CCNCC2)c2ccc(C)cc2)cc1.CCN(CC)C(=O)c1ccc(C(=C2CCNCC2)c2ccc(C)cc2Cl)cc1.CCN(CC)C(=O)c1ccc(C(=C2CCNCC2)c2ccc(F)c(C)c2)cc1.CCN(CC)C(=O)c1ccc(C(=C2CCNCC2)c2ccccc2F)cc1. The monoisotopic (exact) mass is 1900 g/mol. The molecule has 5 aliphatic heterocycles. The van der Waals surface area contributed by atoms with Gasteiger partial charge in [-0.15, -0.1) is 0 Å². The molecule has 5 fully saturated rings. The molecule has 5 aliphatic rings. The average molecular weight is 1900 g/mol. The van der Waals surface area contributed by atoms with Crippen LogP contribution in [0.5, 0.6) is 0 Å². The van der Waals surface area contributed by atoms with Crippen molar-refractivity contribution >= 4 is 80.6 Å². The second-order valence-corrected chi connectivity index (χ2v) is 36.6. The highest BCUT2D eigenvalue weighted by molar-refractivity contribution is 6.32. The molecule has 0 radical (unpaired) electrons. The molecule has 0 saturated carbocycles. The fourth-order valence-corrected chi connectivity index (χ4v) is 19.6. The maximum atomic E-state index is 14.6. The van der Waals surface area contributed by atoms with E-state index < -0.39 is 0 Å². The van der Waals surface area contributed by atoms with E-state index in [0.717, 1.165) is 251 Å². The van der Waals surface area contributed by atoms with Crippen LogP contribution < -0.4 is 26.6 Å². The molecule has 5 amide bonds. The quantitative estimate of drug-likeness (QED) is 0.0372. The van der Waals surface area contributed by atoms with Gasteiger partial charge >= 0.3 is 0 Å². The van der Waals surface area contributed by atoms with E-state index in [0.29, 0.717) is 48.4 Å². The maximum Gasteiger partial charge on any atom is 0.253 e. The Morgan fingerprint density at radius 1 is 0.246 bits per heavy atom. The lowest BCUT2D eigenvalue weighted by Crippen LogP contribution is -2.30. The Balaban J connectivity index is 0.000000165. The first-order valence-electron chi connectivity index (χ1n) is 50.2. The third-order valence-corrected chi connectivity index (χ3v) is 27.3. The first kappa shape index (κ1) is 107. The predicted molar refractivity (Wildman–Crippen MR) is 570 cm³/mol. The number of piperidine rings is 5. The normalized spacial score (nSPS) is 14.1. The standard InChI is InChI=1S/2C24H29ClN2O.C24H29FN2O.C24H30N2O.C23H27FN2O/c1-4-27(5-2)24(28)20-9-7-18(8-10-20)23(19-12-14-26-15-13-19)21-11-6-17(3)16-22(21)25;1-4-27(5-2)24(28)20-8-6-18(7-9-20)23(19-10-12-26-13-11-19)21-14-17(3)15-22(25)16-21;1-4-27(5-2)24(28)20-8-6-18(7-9-20)23(19-12-14-26-15-13-19)21-10-11-22(25)17(3)16-21;1-4-26(5-2)24(27)22-12-10-20(11-13-22)23(21-14-16-25-17-15-21)19-8-6-18(3)7-9-19;1-3-26(4-2)23(27)19-11-9-17(10-12-19)22(18-13-15-25-16-14-18)20-7-5-6-8-21(20)24/h6-11,16,26H,4-5,12-15H2,1-3H3;6-9,14-16,26H,4-5,10-13H2,1-3H3;6-11,16,26H,4-5,12-15H2,1-3H3;6-13,25H,4-5,14-17H2,1-3H3;5-12,25H,3-4,13-16H2,1-2H3. The minimum Gasteiger partial charge on any atom is -0.339 e. The van der Waals surface area contributed by atoms with Gasteiger partial charge < -0.3 is 51.1 Å². The van der Waals surface area contributed by atoms with Crippen LogP contribution in [-0.4, -0.2) is 185 Å². The molecule has 0 bridgehead atoms. The van der Waals surface area contributed by atoms with Gasteiger partial charge in [0.1, 0.15) is 11.6 Å². The summed E-state index contributed by atoms with van der Waals surface area (Å²) in [7, 11) is 0. The Kier molecular flexibility index (Phi) is 42.0. The van der Waals surface area contributed by atoms with Gasteiger partial charge in [0, 0.05) is 114 Å². The van der Waals surface area contributed by atoms with E-state index in [2.05, 4.69) is 126 Å². The van der Waals surface area contributed by atoms with Crippen molar-refractivity contribution in [1.29, 1.82) is 0 Å². The highest BCUT2D eigenvalue weighted by Crippen LogP contribution is 2.40. The Bertz CT molecular complexity index is 5850. The van der Waals surface area contributed by atoms with Gasteiger partial charge in [0.05, 0.1) is 0 Å². The van der Waals surface area contributed by atoms with Crippen molar-refractivity contribution in [3.8, 4) is 0 Å². The number of nitrogens with one attached hydrogen (secondary N) is 5. The number of aryl methyl sites for hydroxylation is 4. The zero-order valence-electron chi connectivity index (χ0n) is 83.9. The van der Waals surface area contributed by atoms with Crippen LogP contribution in [0.4, 0.5) is 8.78 Å². The lowest BCUT2D eigenvalue weighted by Gasteiger charge is -2.22. The molecule has 5 saturated heterocycles. The third kappa shape index (κ3) is 28.6. The summed E-state index contributed by atoms with van der Waals surface area (Å²) in [6.45, 7) is 45.0. The van der Waals surface area contributed by atoms with E-state index in [4.69, 9.17) is 23.2 Å². The molecular formula is C119H144Cl2F2N10O5. The summed E-state index contributed by atoms with van der Waals surface area (Å²) in [5, 5.41) is 18.6. The summed E-state index contributed by atoms with van der Waals surface area (Å²) in [5.41, 5.74) is 31.5. The lowest BCUT2D eigenvalue weighted by molar-refractivity contribution is 0.0765. The molecule has 5 heterocycles. The van der Waals surface area contributed by atoms with Gasteiger partial charge in [-0.1, -0.05) is 184 Å². The van der Waals surface area contributed by atoms with Crippen molar-refractivity contribution in [2.75, 3.05) is 131 Å². The summed E-state index contributed by atoms with van der Waals surface area (Å²) >= 11 is 13.0. The highest BCUT2D eigenvalue weighted by atomic mass is 35.5. The van der Waals surface area contributed by atoms with Crippen molar-refractivity contribution in [2.24, 2.45) is 0 Å². The second-order valence-electron chi connectivity index (χ2n) is 35.7. The molecule has 19 heteroatoms. The number of carbonyl (C=O) groups excluding carboxylic acids is 5. The molecule has 15 rings (SSSR count). The van der Waals surface area contributed by atoms with Crippen LogP contribution in [0.25, 0.3) is 27.9 Å². The summed E-state index contributed by atoms with van der Waals surface area (Å²) in [4.78, 5) is 72.2. The molecule has 0 spiro atoms. The van der Waals surface area contributed by atoms with Crippen LogP contribution in [-0.2, 0) is 0 Å². The van der Waals surface area contributed by atoms with Gasteiger partial charge in [0.2, 0.25) is 0 Å². The van der Waals surface area contributed by atoms with Crippen LogP contribution in [0.1, 0.15) is 263 Å². The van der Waals surface area contributed by atoms with Crippen LogP contribution in [0, 0.1) is 39.3 Å². The molecular weight excluding hydrogens is 1760 g/mol. The van der Waals surface area contributed by atoms with E-state index in [-0.39, 0.29) is 41.2 Å². The van der Waals surface area contributed by atoms with Crippen LogP contribution in [0.3, 0.4) is 0 Å². The Morgan fingerprint density at radius 2 is 0.500 bits per heavy atom. The lowest BCUT2D eigenvalue weighted by atomic mass is 9.88. The van der Waals surface area contributed by atoms with Crippen LogP contribution >= 0.6 is 23.2 Å². The summed E-state index contributed by atoms with van der Waals surface area (Å²) in [6, 6.07) is 73.3. The van der Waals surface area contributed by atoms with E-state index in [1.807, 2.05) is 216 Å². The summed E-state index contributed by atoms with van der Waals surface area (Å²) in [6.07, 6.45) is 10.00. The number of carbonyl (C=O) groups is 5. The van der Waals surface area contributed by atoms with Crippen molar-refractivity contribution in [1.82, 2.24) is 51.1 Å². The maximum absolute atomic E-state index is 14.6. The summed E-state index contributed by atoms with van der Waals surface area (Å²) in [5.74, 6) is -0.00988. The van der Waals surface area contributed by atoms with Gasteiger partial charge in [0.25, 0.3) is 29.5 Å². The molecule has 5 N–H and O–H groups in total. The van der Waals surface area contributed by atoms with Gasteiger partial charge in [-0.25, -0.2) is 8.78 Å². The number of halogens is 4. The van der Waals surface area contributed by atoms with Crippen molar-refractivity contribution in [3.05, 3.63) is 380 Å². The molecule has 10 aromatic carbocycles. The summed E-state index contributed by atoms with van der Waals surface area (Å²) < 4.78 is 28.4. The molecule has 0 aromatic heterocycles. The average Bonchev–Trinajstić information content (AvgIpc) is 0.855. The first-order valence-corrected chi connectivity index (χ1v) is 50.9. The number of nitrogens with zero attached hydrogens (tertiary/aromatic N) is 5. The molecule has 138 heavy (non-hydrogen) atoms. The highest BCUT2D eigenvalue weighted by Gasteiger charge is 2.27. The Labute approximate surface area is 830 Å². The number of amides is 5. The zero-order valence-corrected chi connectivity index (χ0v) is 85.4. The third-order valence-electron chi connectivity index (χ3n) is 26.8.